The number of hydrogen-bond donors (Lipinski definition) is 2. The maximum atomic E-state index is 5.04. The molecular formula is C6H14N4O. The van der Waals surface area contributed by atoms with E-state index in [9.17, 15) is 0 Å². The third kappa shape index (κ3) is 6.79. The monoisotopic (exact) mass is 158 g/mol. The van der Waals surface area contributed by atoms with Crippen molar-refractivity contribution in [1.82, 2.24) is 0 Å². The molecule has 0 aromatic carbocycles. The van der Waals surface area contributed by atoms with E-state index >= 15 is 0 Å². The number of methoxy groups -OCH3 is 1. The first-order chi connectivity index (χ1) is 5.16. The lowest BCUT2D eigenvalue weighted by Crippen LogP contribution is -2.21. The summed E-state index contributed by atoms with van der Waals surface area (Å²) in [5.41, 5.74) is 10.1. The fourth-order valence-corrected chi connectivity index (χ4v) is 0.520. The largest absolute Gasteiger partial charge is 0.384 e. The molecule has 1 unspecified atom stereocenters. The summed E-state index contributed by atoms with van der Waals surface area (Å²) >= 11 is 0. The minimum atomic E-state index is -0.0362. The molecule has 0 aromatic rings. The number of rotatable bonds is 4. The zero-order chi connectivity index (χ0) is 8.69. The van der Waals surface area contributed by atoms with Crippen LogP contribution in [-0.4, -0.2) is 25.9 Å². The molecule has 0 fully saturated rings. The standard InChI is InChI=1S/C6H14N4O/c1-5(4-11-2)3-9-10-6(7)8/h3,5H,4H2,1-2H3,(H4,7,8,10). The van der Waals surface area contributed by atoms with Gasteiger partial charge in [-0.15, -0.1) is 5.10 Å². The van der Waals surface area contributed by atoms with Gasteiger partial charge in [0.1, 0.15) is 0 Å². The van der Waals surface area contributed by atoms with Crippen LogP contribution in [-0.2, 0) is 4.74 Å². The summed E-state index contributed by atoms with van der Waals surface area (Å²) < 4.78 is 4.86. The molecule has 0 amide bonds. The Kier molecular flexibility index (Phi) is 5.10. The van der Waals surface area contributed by atoms with Gasteiger partial charge in [-0.25, -0.2) is 0 Å². The average molecular weight is 158 g/mol. The van der Waals surface area contributed by atoms with Crippen molar-refractivity contribution in [3.8, 4) is 0 Å². The summed E-state index contributed by atoms with van der Waals surface area (Å²) in [5.74, 6) is 0.189. The molecule has 0 spiro atoms. The van der Waals surface area contributed by atoms with E-state index in [-0.39, 0.29) is 11.9 Å². The first-order valence-corrected chi connectivity index (χ1v) is 3.28. The first kappa shape index (κ1) is 9.90. The van der Waals surface area contributed by atoms with E-state index in [1.807, 2.05) is 6.92 Å². The Labute approximate surface area is 66.1 Å². The molecule has 0 radical (unpaired) electrons. The molecule has 0 bridgehead atoms. The smallest absolute Gasteiger partial charge is 0.211 e. The number of nitrogens with two attached hydrogens (primary N) is 2. The molecule has 11 heavy (non-hydrogen) atoms. The quantitative estimate of drug-likeness (QED) is 0.329. The molecule has 0 saturated heterocycles. The summed E-state index contributed by atoms with van der Waals surface area (Å²) in [6, 6.07) is 0. The highest BCUT2D eigenvalue weighted by molar-refractivity contribution is 5.76. The Morgan fingerprint density at radius 1 is 1.64 bits per heavy atom. The second-order valence-corrected chi connectivity index (χ2v) is 2.22. The number of nitrogens with zero attached hydrogens (tertiary/aromatic N) is 2. The Morgan fingerprint density at radius 2 is 2.27 bits per heavy atom. The maximum Gasteiger partial charge on any atom is 0.211 e. The van der Waals surface area contributed by atoms with Crippen LogP contribution in [0.2, 0.25) is 0 Å². The predicted octanol–water partition coefficient (Wildman–Crippen LogP) is -0.472. The summed E-state index contributed by atoms with van der Waals surface area (Å²) in [7, 11) is 1.63. The van der Waals surface area contributed by atoms with Gasteiger partial charge in [-0.1, -0.05) is 6.92 Å². The van der Waals surface area contributed by atoms with E-state index in [1.54, 1.807) is 13.3 Å². The summed E-state index contributed by atoms with van der Waals surface area (Å²) in [4.78, 5) is 0. The van der Waals surface area contributed by atoms with E-state index in [0.717, 1.165) is 0 Å². The molecule has 5 heteroatoms. The SMILES string of the molecule is COCC(C)C=NN=C(N)N. The van der Waals surface area contributed by atoms with Crippen molar-refractivity contribution in [3.05, 3.63) is 0 Å². The molecule has 0 aliphatic rings. The topological polar surface area (TPSA) is 86.0 Å². The van der Waals surface area contributed by atoms with Gasteiger partial charge in [0.05, 0.1) is 6.61 Å². The van der Waals surface area contributed by atoms with Crippen LogP contribution in [0.3, 0.4) is 0 Å². The third-order valence-electron chi connectivity index (χ3n) is 0.924. The van der Waals surface area contributed by atoms with Gasteiger partial charge in [-0.3, -0.25) is 0 Å². The predicted molar refractivity (Wildman–Crippen MR) is 45.3 cm³/mol. The van der Waals surface area contributed by atoms with E-state index in [4.69, 9.17) is 16.2 Å². The molecule has 64 valence electrons. The average Bonchev–Trinajstić information content (AvgIpc) is 1.87. The minimum Gasteiger partial charge on any atom is -0.384 e. The zero-order valence-electron chi connectivity index (χ0n) is 6.82. The lowest BCUT2D eigenvalue weighted by molar-refractivity contribution is 0.183. The van der Waals surface area contributed by atoms with Crippen molar-refractivity contribution < 1.29 is 4.74 Å². The van der Waals surface area contributed by atoms with E-state index in [2.05, 4.69) is 10.2 Å². The van der Waals surface area contributed by atoms with Crippen molar-refractivity contribution in [3.63, 3.8) is 0 Å². The van der Waals surface area contributed by atoms with Crippen LogP contribution in [0.1, 0.15) is 6.92 Å². The van der Waals surface area contributed by atoms with Gasteiger partial charge in [0.2, 0.25) is 5.96 Å². The lowest BCUT2D eigenvalue weighted by atomic mass is 10.2. The molecule has 0 rings (SSSR count). The molecular weight excluding hydrogens is 144 g/mol. The van der Waals surface area contributed by atoms with Gasteiger partial charge in [-0.2, -0.15) is 5.10 Å². The van der Waals surface area contributed by atoms with Gasteiger partial charge in [0.15, 0.2) is 0 Å². The molecule has 0 heterocycles. The number of hydrogen-bond acceptors (Lipinski definition) is 3. The van der Waals surface area contributed by atoms with E-state index < -0.39 is 0 Å². The van der Waals surface area contributed by atoms with Crippen molar-refractivity contribution >= 4 is 12.2 Å². The van der Waals surface area contributed by atoms with Crippen molar-refractivity contribution in [1.29, 1.82) is 0 Å². The zero-order valence-corrected chi connectivity index (χ0v) is 6.82. The fourth-order valence-electron chi connectivity index (χ4n) is 0.520. The van der Waals surface area contributed by atoms with Gasteiger partial charge in [0, 0.05) is 19.2 Å². The Balaban J connectivity index is 3.64. The minimum absolute atomic E-state index is 0.0362. The highest BCUT2D eigenvalue weighted by Gasteiger charge is 1.93. The van der Waals surface area contributed by atoms with E-state index in [0.29, 0.717) is 6.61 Å². The Morgan fingerprint density at radius 3 is 2.73 bits per heavy atom. The van der Waals surface area contributed by atoms with Gasteiger partial charge < -0.3 is 16.2 Å². The van der Waals surface area contributed by atoms with Crippen LogP contribution in [0.5, 0.6) is 0 Å². The number of ether oxygens (including phenoxy) is 1. The van der Waals surface area contributed by atoms with Crippen LogP contribution < -0.4 is 11.5 Å². The summed E-state index contributed by atoms with van der Waals surface area (Å²) in [5, 5.41) is 7.06. The molecule has 0 aliphatic heterocycles. The molecule has 4 N–H and O–H groups in total. The Bertz CT molecular complexity index is 151. The summed E-state index contributed by atoms with van der Waals surface area (Å²) in [6.07, 6.45) is 1.63. The van der Waals surface area contributed by atoms with Crippen molar-refractivity contribution in [2.75, 3.05) is 13.7 Å². The van der Waals surface area contributed by atoms with Crippen LogP contribution >= 0.6 is 0 Å². The first-order valence-electron chi connectivity index (χ1n) is 3.28. The van der Waals surface area contributed by atoms with Crippen molar-refractivity contribution in [2.24, 2.45) is 27.6 Å². The highest BCUT2D eigenvalue weighted by atomic mass is 16.5. The van der Waals surface area contributed by atoms with Gasteiger partial charge in [0.25, 0.3) is 0 Å². The van der Waals surface area contributed by atoms with Crippen LogP contribution in [0.25, 0.3) is 0 Å². The lowest BCUT2D eigenvalue weighted by Gasteiger charge is -2.00. The second-order valence-electron chi connectivity index (χ2n) is 2.22. The number of guanidine groups is 1. The molecule has 0 aromatic heterocycles. The third-order valence-corrected chi connectivity index (χ3v) is 0.924. The van der Waals surface area contributed by atoms with Crippen molar-refractivity contribution in [2.45, 2.75) is 6.92 Å². The van der Waals surface area contributed by atoms with Crippen LogP contribution in [0.15, 0.2) is 10.2 Å². The van der Waals surface area contributed by atoms with Crippen LogP contribution in [0.4, 0.5) is 0 Å². The summed E-state index contributed by atoms with van der Waals surface area (Å²) in [6.45, 7) is 2.57. The molecule has 1 atom stereocenters. The van der Waals surface area contributed by atoms with Gasteiger partial charge in [-0.05, 0) is 0 Å². The normalized spacial score (nSPS) is 13.3. The maximum absolute atomic E-state index is 5.04. The highest BCUT2D eigenvalue weighted by Crippen LogP contribution is 1.89. The second kappa shape index (κ2) is 5.67. The molecule has 0 saturated carbocycles. The molecule has 5 nitrogen and oxygen atoms in total. The fraction of sp³-hybridized carbons (Fsp3) is 0.667. The van der Waals surface area contributed by atoms with Crippen LogP contribution in [0, 0.1) is 5.92 Å². The van der Waals surface area contributed by atoms with Gasteiger partial charge >= 0.3 is 0 Å². The van der Waals surface area contributed by atoms with E-state index in [1.165, 1.54) is 0 Å². The molecule has 0 aliphatic carbocycles. The Hall–Kier alpha value is -1.10.